The number of aliphatic hydroxyl groups excluding tert-OH is 2. The van der Waals surface area contributed by atoms with Crippen molar-refractivity contribution >= 4 is 33.6 Å². The Hall–Kier alpha value is -5.35. The van der Waals surface area contributed by atoms with E-state index in [0.717, 1.165) is 141 Å². The van der Waals surface area contributed by atoms with Crippen molar-refractivity contribution in [3.63, 3.8) is 0 Å². The van der Waals surface area contributed by atoms with Crippen LogP contribution in [0.2, 0.25) is 0 Å². The summed E-state index contributed by atoms with van der Waals surface area (Å²) >= 11 is 0. The van der Waals surface area contributed by atoms with E-state index < -0.39 is 91.5 Å². The number of esters is 3. The molecule has 5 atom stereocenters. The average Bonchev–Trinajstić information content (AvgIpc) is 0.898. The lowest BCUT2D eigenvalue weighted by atomic mass is 10.0. The van der Waals surface area contributed by atoms with Gasteiger partial charge in [0.1, 0.15) is 25.4 Å². The highest BCUT2D eigenvalue weighted by Gasteiger charge is 2.30. The molecule has 18 heteroatoms. The highest BCUT2D eigenvalue weighted by Crippen LogP contribution is 2.45. The predicted octanol–water partition coefficient (Wildman–Crippen LogP) is 30.8. The normalized spacial score (nSPS) is 14.5. The number of hydrogen-bond donors (Lipinski definition) is 4. The molecule has 0 aliphatic heterocycles. The van der Waals surface area contributed by atoms with Gasteiger partial charge in [-0.3, -0.25) is 32.5 Å². The molecule has 5 unspecified atom stereocenters. The smallest absolute Gasteiger partial charge is 0.463 e. The lowest BCUT2D eigenvalue weighted by Gasteiger charge is -2.21. The number of ether oxygens (including phenoxy) is 3. The fourth-order valence-corrected chi connectivity index (χ4v) is 14.8. The van der Waals surface area contributed by atoms with Gasteiger partial charge in [0.15, 0.2) is 6.10 Å². The monoisotopic (exact) mass is 1760 g/mol. The summed E-state index contributed by atoms with van der Waals surface area (Å²) < 4.78 is 61.5. The molecule has 0 rings (SSSR count). The summed E-state index contributed by atoms with van der Waals surface area (Å²) in [5.41, 5.74) is 0. The lowest BCUT2D eigenvalue weighted by Crippen LogP contribution is -2.30. The van der Waals surface area contributed by atoms with Crippen LogP contribution in [-0.2, 0) is 55.8 Å². The van der Waals surface area contributed by atoms with Crippen LogP contribution in [-0.4, -0.2) is 95.9 Å². The van der Waals surface area contributed by atoms with Gasteiger partial charge in [0.25, 0.3) is 0 Å². The van der Waals surface area contributed by atoms with Crippen molar-refractivity contribution in [3.8, 4) is 0 Å². The van der Waals surface area contributed by atoms with Crippen LogP contribution >= 0.6 is 15.6 Å². The molecule has 0 fully saturated rings. The second-order valence-corrected chi connectivity index (χ2v) is 35.4. The van der Waals surface area contributed by atoms with Gasteiger partial charge >= 0.3 is 33.6 Å². The van der Waals surface area contributed by atoms with E-state index >= 15 is 0 Å². The van der Waals surface area contributed by atoms with Gasteiger partial charge in [-0.2, -0.15) is 0 Å². The van der Waals surface area contributed by atoms with Crippen LogP contribution in [0.4, 0.5) is 0 Å². The van der Waals surface area contributed by atoms with Gasteiger partial charge < -0.3 is 34.2 Å². The molecule has 16 nitrogen and oxygen atoms in total. The largest absolute Gasteiger partial charge is 0.472 e. The minimum atomic E-state index is -4.96. The third-order valence-electron chi connectivity index (χ3n) is 20.6. The second-order valence-electron chi connectivity index (χ2n) is 32.5. The molecule has 0 radical (unpaired) electrons. The van der Waals surface area contributed by atoms with E-state index in [4.69, 9.17) is 32.3 Å². The maximum Gasteiger partial charge on any atom is 0.472 e. The summed E-state index contributed by atoms with van der Waals surface area (Å²) in [6.45, 7) is 2.42. The Morgan fingerprint density at radius 1 is 0.236 bits per heavy atom. The maximum atomic E-state index is 13.1. The van der Waals surface area contributed by atoms with E-state index in [9.17, 15) is 43.5 Å². The highest BCUT2D eigenvalue weighted by atomic mass is 31.2. The molecule has 0 aromatic carbocycles. The molecule has 0 saturated carbocycles. The topological polar surface area (TPSA) is 231 Å². The van der Waals surface area contributed by atoms with Gasteiger partial charge in [0.05, 0.1) is 26.4 Å². The first-order valence-electron chi connectivity index (χ1n) is 49.1. The number of aliphatic hydroxyl groups is 2. The number of rotatable bonds is 92. The molecule has 0 saturated heterocycles. The fraction of sp³-hybridized carbons (Fsp3) is 0.686. The van der Waals surface area contributed by atoms with Gasteiger partial charge in [0.2, 0.25) is 0 Å². The number of hydrogen-bond acceptors (Lipinski definition) is 14. The zero-order chi connectivity index (χ0) is 89.3. The average molecular weight is 1760 g/mol. The molecule has 0 aliphatic rings. The summed E-state index contributed by atoms with van der Waals surface area (Å²) in [4.78, 5) is 59.1. The minimum Gasteiger partial charge on any atom is -0.463 e. The number of phosphoric acid groups is 2. The number of unbranched alkanes of at least 4 members (excludes halogenated alkanes) is 39. The van der Waals surface area contributed by atoms with Gasteiger partial charge in [-0.1, -0.05) is 409 Å². The molecule has 123 heavy (non-hydrogen) atoms. The lowest BCUT2D eigenvalue weighted by molar-refractivity contribution is -0.161. The third-order valence-corrected chi connectivity index (χ3v) is 22.5. The van der Waals surface area contributed by atoms with E-state index in [-0.39, 0.29) is 19.3 Å². The summed E-state index contributed by atoms with van der Waals surface area (Å²) in [7, 11) is -9.83. The quantitative estimate of drug-likeness (QED) is 0.0146. The molecular formula is C105H178O16P2. The Morgan fingerprint density at radius 2 is 0.431 bits per heavy atom. The van der Waals surface area contributed by atoms with Crippen molar-refractivity contribution in [2.75, 3.05) is 39.6 Å². The first-order valence-corrected chi connectivity index (χ1v) is 52.1. The van der Waals surface area contributed by atoms with Crippen LogP contribution < -0.4 is 0 Å². The molecule has 0 aliphatic carbocycles. The van der Waals surface area contributed by atoms with Crippen molar-refractivity contribution in [1.29, 1.82) is 0 Å². The Labute approximate surface area is 751 Å². The highest BCUT2D eigenvalue weighted by molar-refractivity contribution is 7.47. The van der Waals surface area contributed by atoms with Crippen LogP contribution in [0.1, 0.15) is 406 Å². The van der Waals surface area contributed by atoms with Crippen LogP contribution in [0.5, 0.6) is 0 Å². The predicted molar refractivity (Wildman–Crippen MR) is 518 cm³/mol. The van der Waals surface area contributed by atoms with Crippen molar-refractivity contribution in [2.45, 2.75) is 424 Å². The summed E-state index contributed by atoms with van der Waals surface area (Å²) in [5, 5.41) is 20.8. The molecule has 0 amide bonds. The van der Waals surface area contributed by atoms with E-state index in [2.05, 4.69) is 203 Å². The molecule has 0 heterocycles. The van der Waals surface area contributed by atoms with Crippen LogP contribution in [0, 0.1) is 0 Å². The fourth-order valence-electron chi connectivity index (χ4n) is 13.2. The van der Waals surface area contributed by atoms with Gasteiger partial charge in [0, 0.05) is 19.3 Å². The first-order chi connectivity index (χ1) is 60.2. The van der Waals surface area contributed by atoms with E-state index in [0.29, 0.717) is 25.7 Å². The molecule has 0 aromatic heterocycles. The summed E-state index contributed by atoms with van der Waals surface area (Å²) in [6.07, 6.45) is 127. The minimum absolute atomic E-state index is 0.0456. The summed E-state index contributed by atoms with van der Waals surface area (Å²) in [6, 6.07) is 0. The van der Waals surface area contributed by atoms with Gasteiger partial charge in [-0.25, -0.2) is 9.13 Å². The van der Waals surface area contributed by atoms with Crippen molar-refractivity contribution < 1.29 is 75.8 Å². The number of allylic oxidation sites excluding steroid dienone is 30. The second kappa shape index (κ2) is 95.7. The number of carbonyl (C=O) groups is 3. The molecular weight excluding hydrogens is 1580 g/mol. The van der Waals surface area contributed by atoms with Crippen molar-refractivity contribution in [1.82, 2.24) is 0 Å². The zero-order valence-corrected chi connectivity index (χ0v) is 79.6. The first kappa shape index (κ1) is 118. The Morgan fingerprint density at radius 3 is 0.699 bits per heavy atom. The van der Waals surface area contributed by atoms with Crippen molar-refractivity contribution in [2.24, 2.45) is 0 Å². The summed E-state index contributed by atoms with van der Waals surface area (Å²) in [5.74, 6) is -1.62. The molecule has 0 aromatic rings. The van der Waals surface area contributed by atoms with Crippen molar-refractivity contribution in [3.05, 3.63) is 182 Å². The SMILES string of the molecule is CC/C=C\C/C=C\C/C=C\C/C=C\C/C=C\C/C=C\CCCCC(=O)OC(COC(=O)CCCCCCCCCCCCCCCCC/C=C\C/C=C\C/C=C\C/C=C\CCCCC)COP(=O)(O)OCC(O)COP(=O)(O)OCC(O)COC(=O)CCCCCCCCCCCCCCCCCCCCC/C=C\C/C=C\C/C=C\C/C=C\C/C=C\CC. The number of carbonyl (C=O) groups excluding carboxylic acids is 3. The number of phosphoric ester groups is 2. The van der Waals surface area contributed by atoms with Crippen LogP contribution in [0.3, 0.4) is 0 Å². The van der Waals surface area contributed by atoms with E-state index in [1.165, 1.54) is 199 Å². The molecule has 4 N–H and O–H groups in total. The Balaban J connectivity index is 4.55. The van der Waals surface area contributed by atoms with Gasteiger partial charge in [-0.15, -0.1) is 0 Å². The zero-order valence-electron chi connectivity index (χ0n) is 77.8. The molecule has 0 spiro atoms. The Kier molecular flexibility index (Phi) is 91.6. The van der Waals surface area contributed by atoms with Gasteiger partial charge in [-0.05, 0) is 161 Å². The Bertz CT molecular complexity index is 2970. The third kappa shape index (κ3) is 97.1. The standard InChI is InChI=1S/C105H178O16P2/c1-4-7-10-13-16-19-22-25-28-31-34-37-39-41-43-45-47-48-49-50-52-54-55-57-59-62-64-67-70-73-76-79-82-85-88-91-103(108)115-94-100(106)95-117-122(111,112)118-96-101(107)97-119-123(113,114)120-99-102(121-105(110)93-90-87-84-81-78-75-72-69-66-61-36-33-30-27-24-21-18-15-12-9-6-3)98-116-104(109)92-89-86-83-80-77-74-71-68-65-63-60-58-56-53-51-46-44-42-40-38-35-32-29-26-23-20-17-14-11-8-5-2/h7,9-10,12,16-21,25-30,34-38,41-44,61,69,72,78,81,100-102,106-107H,4-6,8,11,13-15,22-24,31-33,39-40,45-60,62-68,70-71,73-77,79-80,82-99H2,1-3H3,(H,111,112)(H,113,114)/b10-7-,12-9-,19-16-,20-17-,21-18-,28-25-,29-26-,30-27-,37-34-,38-35-,43-41-,44-42-,61-36-,72-69-,81-78-. The maximum absolute atomic E-state index is 13.1. The van der Waals surface area contributed by atoms with Crippen LogP contribution in [0.15, 0.2) is 182 Å². The molecule has 0 bridgehead atoms. The van der Waals surface area contributed by atoms with E-state index in [1.807, 2.05) is 0 Å². The molecule has 704 valence electrons. The van der Waals surface area contributed by atoms with Crippen LogP contribution in [0.25, 0.3) is 0 Å². The van der Waals surface area contributed by atoms with E-state index in [1.54, 1.807) is 0 Å².